The van der Waals surface area contributed by atoms with E-state index in [1.807, 2.05) is 32.1 Å². The minimum absolute atomic E-state index is 0.168. The Morgan fingerprint density at radius 2 is 2.09 bits per heavy atom. The predicted molar refractivity (Wildman–Crippen MR) is 132 cm³/mol. The van der Waals surface area contributed by atoms with Crippen molar-refractivity contribution in [2.75, 3.05) is 38.7 Å². The number of likely N-dealkylation sites (tertiary alicyclic amines) is 1. The number of aliphatic hydroxyl groups is 1. The number of benzene rings is 1. The Balaban J connectivity index is 1.54. The first-order valence-corrected chi connectivity index (χ1v) is 12.0. The standard InChI is InChI=1S/C25H35N5O4/c1-4-34-24(32)15-29-11-9-19(10-12-29)27-25-28-20-7-6-18(16-33-3)13-22(20)30(25)14-21-23(31)8-5-17(2)26-21/h5-7,13,19,23,31H,4,8-12,14-16H2,1-3H3,(H,27,28). The summed E-state index contributed by atoms with van der Waals surface area (Å²) in [6, 6.07) is 6.38. The van der Waals surface area contributed by atoms with E-state index < -0.39 is 6.10 Å². The summed E-state index contributed by atoms with van der Waals surface area (Å²) in [7, 11) is 1.69. The predicted octanol–water partition coefficient (Wildman–Crippen LogP) is 2.73. The second kappa shape index (κ2) is 11.1. The zero-order valence-electron chi connectivity index (χ0n) is 20.3. The molecule has 0 spiro atoms. The number of imidazole rings is 1. The highest BCUT2D eigenvalue weighted by Gasteiger charge is 2.25. The molecule has 1 atom stereocenters. The van der Waals surface area contributed by atoms with E-state index in [9.17, 15) is 9.90 Å². The van der Waals surface area contributed by atoms with E-state index in [1.54, 1.807) is 7.11 Å². The summed E-state index contributed by atoms with van der Waals surface area (Å²) in [6.07, 6.45) is 3.75. The van der Waals surface area contributed by atoms with Crippen LogP contribution in [0.1, 0.15) is 38.7 Å². The number of nitrogens with zero attached hydrogens (tertiary/aromatic N) is 4. The number of aliphatic hydroxyl groups excluding tert-OH is 1. The molecule has 4 rings (SSSR count). The number of methoxy groups -OCH3 is 1. The Bertz CT molecular complexity index is 1070. The van der Waals surface area contributed by atoms with Crippen molar-refractivity contribution in [2.45, 2.75) is 58.4 Å². The maximum Gasteiger partial charge on any atom is 0.320 e. The molecule has 9 heteroatoms. The number of carbonyl (C=O) groups is 1. The van der Waals surface area contributed by atoms with E-state index in [4.69, 9.17) is 14.5 Å². The summed E-state index contributed by atoms with van der Waals surface area (Å²) in [5.74, 6) is 0.606. The molecule has 2 N–H and O–H groups in total. The molecule has 1 aromatic carbocycles. The molecule has 2 aliphatic heterocycles. The van der Waals surface area contributed by atoms with Crippen molar-refractivity contribution in [2.24, 2.45) is 4.99 Å². The normalized spacial score (nSPS) is 19.7. The minimum Gasteiger partial charge on any atom is -0.465 e. The summed E-state index contributed by atoms with van der Waals surface area (Å²) >= 11 is 0. The van der Waals surface area contributed by atoms with Crippen LogP contribution in [0.3, 0.4) is 0 Å². The molecule has 0 saturated carbocycles. The number of hydrogen-bond acceptors (Lipinski definition) is 8. The quantitative estimate of drug-likeness (QED) is 0.545. The van der Waals surface area contributed by atoms with E-state index in [0.29, 0.717) is 32.7 Å². The van der Waals surface area contributed by atoms with E-state index in [1.165, 1.54) is 0 Å². The Morgan fingerprint density at radius 1 is 1.29 bits per heavy atom. The number of esters is 1. The number of nitrogens with one attached hydrogen (secondary N) is 1. The number of ether oxygens (including phenoxy) is 2. The molecule has 1 fully saturated rings. The first-order chi connectivity index (χ1) is 16.5. The molecule has 2 aliphatic rings. The topological polar surface area (TPSA) is 101 Å². The van der Waals surface area contributed by atoms with Gasteiger partial charge in [-0.2, -0.15) is 0 Å². The molecule has 3 heterocycles. The van der Waals surface area contributed by atoms with Gasteiger partial charge in [-0.3, -0.25) is 14.7 Å². The molecule has 0 amide bonds. The second-order valence-electron chi connectivity index (χ2n) is 8.98. The number of allylic oxidation sites excluding steroid dienone is 1. The summed E-state index contributed by atoms with van der Waals surface area (Å²) in [5, 5.41) is 14.2. The summed E-state index contributed by atoms with van der Waals surface area (Å²) < 4.78 is 12.5. The van der Waals surface area contributed by atoms with Crippen molar-refractivity contribution in [3.8, 4) is 0 Å². The van der Waals surface area contributed by atoms with Crippen LogP contribution >= 0.6 is 0 Å². The van der Waals surface area contributed by atoms with E-state index >= 15 is 0 Å². The lowest BCUT2D eigenvalue weighted by Gasteiger charge is -2.32. The van der Waals surface area contributed by atoms with Crippen LogP contribution in [0.25, 0.3) is 11.0 Å². The highest BCUT2D eigenvalue weighted by Crippen LogP contribution is 2.25. The maximum atomic E-state index is 11.8. The van der Waals surface area contributed by atoms with E-state index in [-0.39, 0.29) is 12.0 Å². The Hall–Kier alpha value is -2.75. The number of piperidine rings is 1. The van der Waals surface area contributed by atoms with Gasteiger partial charge in [-0.15, -0.1) is 0 Å². The third-order valence-electron chi connectivity index (χ3n) is 6.36. The number of aromatic nitrogens is 2. The van der Waals surface area contributed by atoms with Crippen LogP contribution in [0.15, 0.2) is 35.0 Å². The van der Waals surface area contributed by atoms with Gasteiger partial charge < -0.3 is 24.5 Å². The van der Waals surface area contributed by atoms with E-state index in [0.717, 1.165) is 59.9 Å². The SMILES string of the molecule is CCOC(=O)CN1CCC(Nc2nc3ccc(COC)cc3n2CC2=NC(C)=CCC2O)CC1. The number of hydrogen-bond donors (Lipinski definition) is 2. The number of carbonyl (C=O) groups excluding carboxylic acids is 1. The monoisotopic (exact) mass is 469 g/mol. The van der Waals surface area contributed by atoms with Crippen LogP contribution in [-0.4, -0.2) is 76.7 Å². The molecule has 9 nitrogen and oxygen atoms in total. The third kappa shape index (κ3) is 5.84. The Morgan fingerprint density at radius 3 is 2.82 bits per heavy atom. The van der Waals surface area contributed by atoms with Crippen LogP contribution in [0.4, 0.5) is 5.95 Å². The summed E-state index contributed by atoms with van der Waals surface area (Å²) in [4.78, 5) is 23.4. The largest absolute Gasteiger partial charge is 0.465 e. The average molecular weight is 470 g/mol. The lowest BCUT2D eigenvalue weighted by Crippen LogP contribution is -2.42. The van der Waals surface area contributed by atoms with Gasteiger partial charge >= 0.3 is 5.97 Å². The summed E-state index contributed by atoms with van der Waals surface area (Å²) in [6.45, 7) is 7.16. The van der Waals surface area contributed by atoms with Crippen molar-refractivity contribution in [3.63, 3.8) is 0 Å². The molecule has 184 valence electrons. The Kier molecular flexibility index (Phi) is 7.97. The zero-order chi connectivity index (χ0) is 24.1. The summed E-state index contributed by atoms with van der Waals surface area (Å²) in [5.41, 5.74) is 4.60. The fourth-order valence-corrected chi connectivity index (χ4v) is 4.57. The number of fused-ring (bicyclic) bond motifs is 1. The molecule has 1 aromatic heterocycles. The molecular weight excluding hydrogens is 434 g/mol. The van der Waals surface area contributed by atoms with Gasteiger partial charge in [-0.25, -0.2) is 4.98 Å². The lowest BCUT2D eigenvalue weighted by atomic mass is 10.1. The van der Waals surface area contributed by atoms with Gasteiger partial charge in [0.1, 0.15) is 0 Å². The van der Waals surface area contributed by atoms with Gasteiger partial charge in [0.05, 0.1) is 49.2 Å². The van der Waals surface area contributed by atoms with Gasteiger partial charge in [0.2, 0.25) is 5.95 Å². The van der Waals surface area contributed by atoms with Crippen LogP contribution in [-0.2, 0) is 27.4 Å². The van der Waals surface area contributed by atoms with Crippen LogP contribution < -0.4 is 5.32 Å². The molecule has 2 aromatic rings. The van der Waals surface area contributed by atoms with Gasteiger partial charge in [-0.1, -0.05) is 12.1 Å². The first-order valence-electron chi connectivity index (χ1n) is 12.0. The molecule has 34 heavy (non-hydrogen) atoms. The van der Waals surface area contributed by atoms with Crippen molar-refractivity contribution in [1.82, 2.24) is 14.5 Å². The second-order valence-corrected chi connectivity index (χ2v) is 8.98. The van der Waals surface area contributed by atoms with Crippen LogP contribution in [0.2, 0.25) is 0 Å². The number of rotatable bonds is 9. The first kappa shape index (κ1) is 24.4. The molecular formula is C25H35N5O4. The van der Waals surface area contributed by atoms with Gasteiger partial charge in [-0.05, 0) is 50.8 Å². The fraction of sp³-hybridized carbons (Fsp3) is 0.560. The highest BCUT2D eigenvalue weighted by molar-refractivity contribution is 5.92. The molecule has 1 unspecified atom stereocenters. The average Bonchev–Trinajstić information content (AvgIpc) is 3.14. The van der Waals surface area contributed by atoms with Gasteiger partial charge in [0.25, 0.3) is 0 Å². The van der Waals surface area contributed by atoms with Crippen molar-refractivity contribution in [3.05, 3.63) is 35.5 Å². The smallest absolute Gasteiger partial charge is 0.320 e. The van der Waals surface area contributed by atoms with Crippen molar-refractivity contribution >= 4 is 28.7 Å². The lowest BCUT2D eigenvalue weighted by molar-refractivity contribution is -0.144. The molecule has 1 saturated heterocycles. The Labute approximate surface area is 200 Å². The van der Waals surface area contributed by atoms with Crippen LogP contribution in [0.5, 0.6) is 0 Å². The minimum atomic E-state index is -0.595. The highest BCUT2D eigenvalue weighted by atomic mass is 16.5. The molecule has 0 radical (unpaired) electrons. The van der Waals surface area contributed by atoms with Gasteiger partial charge in [0.15, 0.2) is 0 Å². The van der Waals surface area contributed by atoms with Crippen molar-refractivity contribution in [1.29, 1.82) is 0 Å². The number of aliphatic imine (C=N–C) groups is 1. The van der Waals surface area contributed by atoms with Crippen molar-refractivity contribution < 1.29 is 19.4 Å². The number of anilines is 1. The van der Waals surface area contributed by atoms with Gasteiger partial charge in [0, 0.05) is 31.9 Å². The molecule has 0 bridgehead atoms. The zero-order valence-corrected chi connectivity index (χ0v) is 20.3. The maximum absolute atomic E-state index is 11.8. The fourth-order valence-electron chi connectivity index (χ4n) is 4.57. The van der Waals surface area contributed by atoms with E-state index in [2.05, 4.69) is 25.8 Å². The third-order valence-corrected chi connectivity index (χ3v) is 6.36. The van der Waals surface area contributed by atoms with Crippen LogP contribution in [0, 0.1) is 0 Å². The molecule has 0 aliphatic carbocycles.